The van der Waals surface area contributed by atoms with E-state index in [1.165, 1.54) is 0 Å². The molecule has 18 heavy (non-hydrogen) atoms. The lowest BCUT2D eigenvalue weighted by atomic mass is 10.2. The predicted octanol–water partition coefficient (Wildman–Crippen LogP) is 2.18. The first-order valence-corrected chi connectivity index (χ1v) is 6.56. The van der Waals surface area contributed by atoms with Crippen LogP contribution in [-0.2, 0) is 0 Å². The number of hydrogen-bond acceptors (Lipinski definition) is 3. The SMILES string of the molecule is Cc1cc(C(=O)N(CCC(N)=S)C2CC2)c(C)o1. The number of aryl methyl sites for hydroxylation is 2. The molecule has 1 aromatic heterocycles. The van der Waals surface area contributed by atoms with E-state index in [0.717, 1.165) is 18.6 Å². The Balaban J connectivity index is 2.12. The van der Waals surface area contributed by atoms with Crippen LogP contribution < -0.4 is 5.73 Å². The van der Waals surface area contributed by atoms with Crippen LogP contribution >= 0.6 is 12.2 Å². The van der Waals surface area contributed by atoms with Crippen molar-refractivity contribution >= 4 is 23.1 Å². The molecule has 0 unspecified atom stereocenters. The maximum absolute atomic E-state index is 12.5. The number of thiocarbonyl (C=S) groups is 1. The highest BCUT2D eigenvalue weighted by Gasteiger charge is 2.33. The number of furan rings is 1. The van der Waals surface area contributed by atoms with Gasteiger partial charge in [-0.05, 0) is 32.8 Å². The van der Waals surface area contributed by atoms with Crippen LogP contribution in [-0.4, -0.2) is 28.4 Å². The number of nitrogens with two attached hydrogens (primary N) is 1. The van der Waals surface area contributed by atoms with Gasteiger partial charge in [0.1, 0.15) is 11.5 Å². The molecule has 1 aromatic rings. The third-order valence-electron chi connectivity index (χ3n) is 3.12. The number of rotatable bonds is 5. The molecule has 1 amide bonds. The standard InChI is InChI=1S/C13H18N2O2S/c1-8-7-11(9(2)17-8)13(16)15(10-3-4-10)6-5-12(14)18/h7,10H,3-6H2,1-2H3,(H2,14,18). The van der Waals surface area contributed by atoms with Gasteiger partial charge in [-0.3, -0.25) is 4.79 Å². The van der Waals surface area contributed by atoms with E-state index in [-0.39, 0.29) is 5.91 Å². The second kappa shape index (κ2) is 5.10. The van der Waals surface area contributed by atoms with Gasteiger partial charge in [-0.1, -0.05) is 12.2 Å². The van der Waals surface area contributed by atoms with Crippen molar-refractivity contribution in [3.05, 3.63) is 23.2 Å². The summed E-state index contributed by atoms with van der Waals surface area (Å²) in [6.45, 7) is 4.27. The fourth-order valence-corrected chi connectivity index (χ4v) is 2.16. The van der Waals surface area contributed by atoms with Gasteiger partial charge < -0.3 is 15.1 Å². The molecule has 1 saturated carbocycles. The summed E-state index contributed by atoms with van der Waals surface area (Å²) in [7, 11) is 0. The molecule has 0 saturated heterocycles. The van der Waals surface area contributed by atoms with Gasteiger partial charge >= 0.3 is 0 Å². The Morgan fingerprint density at radius 2 is 2.22 bits per heavy atom. The lowest BCUT2D eigenvalue weighted by Gasteiger charge is -2.21. The Labute approximate surface area is 112 Å². The molecule has 1 heterocycles. The maximum atomic E-state index is 12.5. The zero-order chi connectivity index (χ0) is 13.3. The van der Waals surface area contributed by atoms with Crippen molar-refractivity contribution in [3.63, 3.8) is 0 Å². The molecule has 0 radical (unpaired) electrons. The highest BCUT2D eigenvalue weighted by atomic mass is 32.1. The van der Waals surface area contributed by atoms with Crippen LogP contribution in [0.15, 0.2) is 10.5 Å². The molecular formula is C13H18N2O2S. The first-order valence-electron chi connectivity index (χ1n) is 6.15. The summed E-state index contributed by atoms with van der Waals surface area (Å²) in [5, 5.41) is 0. The van der Waals surface area contributed by atoms with E-state index in [2.05, 4.69) is 0 Å². The maximum Gasteiger partial charge on any atom is 0.257 e. The molecule has 0 spiro atoms. The van der Waals surface area contributed by atoms with Crippen molar-refractivity contribution in [3.8, 4) is 0 Å². The summed E-state index contributed by atoms with van der Waals surface area (Å²) < 4.78 is 5.41. The summed E-state index contributed by atoms with van der Waals surface area (Å²) in [5.41, 5.74) is 6.16. The minimum Gasteiger partial charge on any atom is -0.466 e. The summed E-state index contributed by atoms with van der Waals surface area (Å²) >= 11 is 4.88. The number of amides is 1. The molecule has 0 bridgehead atoms. The minimum atomic E-state index is 0.0306. The highest BCUT2D eigenvalue weighted by molar-refractivity contribution is 7.80. The zero-order valence-corrected chi connectivity index (χ0v) is 11.5. The van der Waals surface area contributed by atoms with E-state index in [4.69, 9.17) is 22.4 Å². The van der Waals surface area contributed by atoms with Crippen LogP contribution in [0, 0.1) is 13.8 Å². The van der Waals surface area contributed by atoms with E-state index in [9.17, 15) is 4.79 Å². The van der Waals surface area contributed by atoms with Gasteiger partial charge in [0.05, 0.1) is 10.6 Å². The minimum absolute atomic E-state index is 0.0306. The topological polar surface area (TPSA) is 59.5 Å². The summed E-state index contributed by atoms with van der Waals surface area (Å²) in [6, 6.07) is 2.15. The molecular weight excluding hydrogens is 248 g/mol. The summed E-state index contributed by atoms with van der Waals surface area (Å²) in [4.78, 5) is 14.8. The average Bonchev–Trinajstić information content (AvgIpc) is 3.04. The van der Waals surface area contributed by atoms with Crippen molar-refractivity contribution in [2.75, 3.05) is 6.54 Å². The largest absolute Gasteiger partial charge is 0.466 e. The van der Waals surface area contributed by atoms with Gasteiger partial charge in [-0.2, -0.15) is 0 Å². The molecule has 5 heteroatoms. The second-order valence-corrected chi connectivity index (χ2v) is 5.30. The zero-order valence-electron chi connectivity index (χ0n) is 10.7. The van der Waals surface area contributed by atoms with Crippen molar-refractivity contribution < 1.29 is 9.21 Å². The van der Waals surface area contributed by atoms with E-state index < -0.39 is 0 Å². The van der Waals surface area contributed by atoms with E-state index in [1.54, 1.807) is 6.07 Å². The van der Waals surface area contributed by atoms with Gasteiger partial charge in [-0.25, -0.2) is 0 Å². The van der Waals surface area contributed by atoms with Crippen molar-refractivity contribution in [1.29, 1.82) is 0 Å². The Morgan fingerprint density at radius 3 is 2.67 bits per heavy atom. The third-order valence-corrected chi connectivity index (χ3v) is 3.32. The normalized spacial score (nSPS) is 14.6. The predicted molar refractivity (Wildman–Crippen MR) is 73.6 cm³/mol. The van der Waals surface area contributed by atoms with Gasteiger partial charge in [-0.15, -0.1) is 0 Å². The Bertz CT molecular complexity index is 477. The van der Waals surface area contributed by atoms with Crippen molar-refractivity contribution in [2.24, 2.45) is 5.73 Å². The molecule has 1 aliphatic rings. The molecule has 1 fully saturated rings. The molecule has 2 rings (SSSR count). The number of carbonyl (C=O) groups is 1. The Kier molecular flexibility index (Phi) is 3.71. The fraction of sp³-hybridized carbons (Fsp3) is 0.538. The molecule has 0 aromatic carbocycles. The van der Waals surface area contributed by atoms with E-state index in [1.807, 2.05) is 18.7 Å². The van der Waals surface area contributed by atoms with Crippen molar-refractivity contribution in [2.45, 2.75) is 39.2 Å². The van der Waals surface area contributed by atoms with Crippen LogP contribution in [0.3, 0.4) is 0 Å². The van der Waals surface area contributed by atoms with Crippen LogP contribution in [0.4, 0.5) is 0 Å². The Hall–Kier alpha value is -1.36. The highest BCUT2D eigenvalue weighted by Crippen LogP contribution is 2.29. The molecule has 0 aliphatic heterocycles. The third kappa shape index (κ3) is 2.90. The first-order chi connectivity index (χ1) is 8.49. The van der Waals surface area contributed by atoms with Gasteiger partial charge in [0.15, 0.2) is 0 Å². The van der Waals surface area contributed by atoms with Gasteiger partial charge in [0, 0.05) is 19.0 Å². The molecule has 2 N–H and O–H groups in total. The monoisotopic (exact) mass is 266 g/mol. The van der Waals surface area contributed by atoms with Crippen LogP contribution in [0.2, 0.25) is 0 Å². The van der Waals surface area contributed by atoms with Crippen LogP contribution in [0.1, 0.15) is 41.1 Å². The van der Waals surface area contributed by atoms with E-state index >= 15 is 0 Å². The Morgan fingerprint density at radius 1 is 1.56 bits per heavy atom. The lowest BCUT2D eigenvalue weighted by Crippen LogP contribution is -2.35. The fourth-order valence-electron chi connectivity index (χ4n) is 2.06. The molecule has 4 nitrogen and oxygen atoms in total. The molecule has 1 aliphatic carbocycles. The summed E-state index contributed by atoms with van der Waals surface area (Å²) in [5.74, 6) is 1.47. The van der Waals surface area contributed by atoms with Gasteiger partial charge in [0.2, 0.25) is 0 Å². The quantitative estimate of drug-likeness (QED) is 0.830. The molecule has 98 valence electrons. The van der Waals surface area contributed by atoms with Gasteiger partial charge in [0.25, 0.3) is 5.91 Å². The van der Waals surface area contributed by atoms with E-state index in [0.29, 0.717) is 35.3 Å². The summed E-state index contributed by atoms with van der Waals surface area (Å²) in [6.07, 6.45) is 2.71. The smallest absolute Gasteiger partial charge is 0.257 e. The average molecular weight is 266 g/mol. The number of hydrogen-bond donors (Lipinski definition) is 1. The van der Waals surface area contributed by atoms with Crippen LogP contribution in [0.5, 0.6) is 0 Å². The van der Waals surface area contributed by atoms with Crippen molar-refractivity contribution in [1.82, 2.24) is 4.90 Å². The second-order valence-electron chi connectivity index (χ2n) is 4.77. The van der Waals surface area contributed by atoms with Crippen LogP contribution in [0.25, 0.3) is 0 Å². The molecule has 0 atom stereocenters. The lowest BCUT2D eigenvalue weighted by molar-refractivity contribution is 0.0746. The first kappa shape index (κ1) is 13.1. The number of carbonyl (C=O) groups excluding carboxylic acids is 1. The number of nitrogens with zero attached hydrogens (tertiary/aromatic N) is 1.